The molecule has 0 saturated heterocycles. The zero-order chi connectivity index (χ0) is 28.9. The minimum absolute atomic E-state index is 0.0421. The predicted molar refractivity (Wildman–Crippen MR) is 139 cm³/mol. The van der Waals surface area contributed by atoms with Crippen molar-refractivity contribution in [1.82, 2.24) is 5.32 Å². The number of amides is 1. The van der Waals surface area contributed by atoms with E-state index >= 15 is 0 Å². The largest absolute Gasteiger partial charge is 0.573 e. The predicted octanol–water partition coefficient (Wildman–Crippen LogP) is 5.43. The number of ketones is 2. The van der Waals surface area contributed by atoms with Crippen LogP contribution in [0.3, 0.4) is 0 Å². The van der Waals surface area contributed by atoms with E-state index in [1.807, 2.05) is 12.1 Å². The molecule has 0 atom stereocenters. The lowest BCUT2D eigenvalue weighted by atomic mass is 9.92. The maximum atomic E-state index is 13.6. The highest BCUT2D eigenvalue weighted by Crippen LogP contribution is 2.29. The molecule has 40 heavy (non-hydrogen) atoms. The number of aryl methyl sites for hydroxylation is 2. The summed E-state index contributed by atoms with van der Waals surface area (Å²) < 4.78 is 41.9. The van der Waals surface area contributed by atoms with Crippen LogP contribution in [0, 0.1) is 0 Å². The van der Waals surface area contributed by atoms with Gasteiger partial charge in [-0.25, -0.2) is 0 Å². The molecule has 1 aliphatic rings. The van der Waals surface area contributed by atoms with Gasteiger partial charge in [0, 0.05) is 28.8 Å². The van der Waals surface area contributed by atoms with Gasteiger partial charge in [0.15, 0.2) is 11.6 Å². The molecule has 206 valence electrons. The van der Waals surface area contributed by atoms with Gasteiger partial charge in [-0.3, -0.25) is 19.2 Å². The highest BCUT2D eigenvalue weighted by Gasteiger charge is 2.31. The summed E-state index contributed by atoms with van der Waals surface area (Å²) in [7, 11) is 0. The zero-order valence-corrected chi connectivity index (χ0v) is 21.1. The van der Waals surface area contributed by atoms with Crippen LogP contribution in [-0.4, -0.2) is 41.5 Å². The van der Waals surface area contributed by atoms with Gasteiger partial charge in [-0.1, -0.05) is 42.5 Å². The van der Waals surface area contributed by atoms with Crippen molar-refractivity contribution in [3.63, 3.8) is 0 Å². The number of Topliss-reactive ketones (excluding diaryl/α,β-unsaturated/α-hetero) is 1. The van der Waals surface area contributed by atoms with Gasteiger partial charge < -0.3 is 15.2 Å². The van der Waals surface area contributed by atoms with Crippen LogP contribution in [0.15, 0.2) is 72.8 Å². The monoisotopic (exact) mass is 551 g/mol. The number of ether oxygens (including phenoxy) is 1. The molecule has 1 aliphatic carbocycles. The fourth-order valence-corrected chi connectivity index (χ4v) is 4.39. The summed E-state index contributed by atoms with van der Waals surface area (Å²) >= 11 is 0. The van der Waals surface area contributed by atoms with Crippen molar-refractivity contribution in [2.75, 3.05) is 6.54 Å². The van der Waals surface area contributed by atoms with Gasteiger partial charge in [0.25, 0.3) is 5.91 Å². The van der Waals surface area contributed by atoms with Crippen molar-refractivity contribution in [1.29, 1.82) is 0 Å². The molecular formula is C30H24F3NO6. The van der Waals surface area contributed by atoms with Crippen LogP contribution in [0.1, 0.15) is 60.6 Å². The molecule has 7 nitrogen and oxygen atoms in total. The highest BCUT2D eigenvalue weighted by molar-refractivity contribution is 6.32. The van der Waals surface area contributed by atoms with E-state index in [9.17, 15) is 32.3 Å². The van der Waals surface area contributed by atoms with Gasteiger partial charge in [0.2, 0.25) is 0 Å². The molecule has 0 heterocycles. The number of nitrogens with one attached hydrogen (secondary N) is 1. The molecule has 0 aromatic heterocycles. The van der Waals surface area contributed by atoms with E-state index < -0.39 is 35.6 Å². The van der Waals surface area contributed by atoms with E-state index in [1.165, 1.54) is 36.4 Å². The molecule has 0 bridgehead atoms. The summed E-state index contributed by atoms with van der Waals surface area (Å²) in [5, 5.41) is 11.2. The standard InChI is InChI=1S/C30H24F3NO6/c31-30(32,33)40-24-6-2-5-23(16-24)26(35)17-25(22-12-7-18-3-1-4-21(18)15-22)28(38)19-8-10-20(11-9-19)29(39)34-14-13-27(36)37/h2,5-12,15-17H,1,3-4,13-14H2,(H,34,39)(H,36,37). The Morgan fingerprint density at radius 2 is 1.52 bits per heavy atom. The Kier molecular flexibility index (Phi) is 8.47. The Hall–Kier alpha value is -4.73. The number of hydrogen-bond acceptors (Lipinski definition) is 5. The first-order valence-corrected chi connectivity index (χ1v) is 12.4. The summed E-state index contributed by atoms with van der Waals surface area (Å²) in [5.41, 5.74) is 3.02. The third-order valence-electron chi connectivity index (χ3n) is 6.32. The number of hydrogen-bond donors (Lipinski definition) is 2. The number of allylic oxidation sites excluding steroid dienone is 2. The maximum Gasteiger partial charge on any atom is 0.573 e. The molecule has 4 rings (SSSR count). The second kappa shape index (κ2) is 12.0. The van der Waals surface area contributed by atoms with Crippen LogP contribution >= 0.6 is 0 Å². The average Bonchev–Trinajstić information content (AvgIpc) is 3.38. The van der Waals surface area contributed by atoms with E-state index in [0.717, 1.165) is 48.6 Å². The van der Waals surface area contributed by atoms with Gasteiger partial charge in [0.1, 0.15) is 5.75 Å². The summed E-state index contributed by atoms with van der Waals surface area (Å²) in [6, 6.07) is 15.7. The van der Waals surface area contributed by atoms with Gasteiger partial charge in [-0.15, -0.1) is 13.2 Å². The summed E-state index contributed by atoms with van der Waals surface area (Å²) in [6.45, 7) is -0.0581. The number of rotatable bonds is 10. The first-order chi connectivity index (χ1) is 19.0. The van der Waals surface area contributed by atoms with E-state index in [2.05, 4.69) is 10.1 Å². The smallest absolute Gasteiger partial charge is 0.481 e. The van der Waals surface area contributed by atoms with Crippen molar-refractivity contribution in [3.05, 3.63) is 106 Å². The van der Waals surface area contributed by atoms with Crippen LogP contribution in [0.2, 0.25) is 0 Å². The number of alkyl halides is 3. The van der Waals surface area contributed by atoms with Gasteiger partial charge in [-0.05, 0) is 66.3 Å². The fourth-order valence-electron chi connectivity index (χ4n) is 4.39. The SMILES string of the molecule is O=C(O)CCNC(=O)c1ccc(C(=O)C(=CC(=O)c2cccc(OC(F)(F)F)c2)c2ccc3c(c2)CCC3)cc1. The number of carbonyl (C=O) groups is 4. The van der Waals surface area contributed by atoms with Crippen molar-refractivity contribution in [2.45, 2.75) is 32.0 Å². The number of fused-ring (bicyclic) bond motifs is 1. The summed E-state index contributed by atoms with van der Waals surface area (Å²) in [6.07, 6.45) is -1.38. The van der Waals surface area contributed by atoms with Crippen molar-refractivity contribution < 1.29 is 42.2 Å². The first kappa shape index (κ1) is 28.3. The molecule has 0 fully saturated rings. The summed E-state index contributed by atoms with van der Waals surface area (Å²) in [4.78, 5) is 49.7. The number of aliphatic carboxylic acids is 1. The van der Waals surface area contributed by atoms with Crippen LogP contribution < -0.4 is 10.1 Å². The Balaban J connectivity index is 1.65. The van der Waals surface area contributed by atoms with Crippen molar-refractivity contribution >= 4 is 29.0 Å². The van der Waals surface area contributed by atoms with Gasteiger partial charge in [-0.2, -0.15) is 0 Å². The topological polar surface area (TPSA) is 110 Å². The van der Waals surface area contributed by atoms with E-state index in [-0.39, 0.29) is 35.2 Å². The molecule has 3 aromatic rings. The fraction of sp³-hybridized carbons (Fsp3) is 0.200. The third-order valence-corrected chi connectivity index (χ3v) is 6.32. The Bertz CT molecular complexity index is 1490. The number of halogens is 3. The molecule has 3 aromatic carbocycles. The minimum Gasteiger partial charge on any atom is -0.481 e. The molecule has 0 spiro atoms. The molecule has 0 radical (unpaired) electrons. The molecule has 0 saturated carbocycles. The number of carboxylic acid groups (broad SMARTS) is 1. The normalized spacial score (nSPS) is 12.9. The lowest BCUT2D eigenvalue weighted by Crippen LogP contribution is -2.26. The Morgan fingerprint density at radius 1 is 0.850 bits per heavy atom. The van der Waals surface area contributed by atoms with Crippen LogP contribution in [0.5, 0.6) is 5.75 Å². The van der Waals surface area contributed by atoms with Crippen molar-refractivity contribution in [3.8, 4) is 5.75 Å². The third kappa shape index (κ3) is 7.22. The van der Waals surface area contributed by atoms with E-state index in [4.69, 9.17) is 5.11 Å². The molecule has 0 unspecified atom stereocenters. The lowest BCUT2D eigenvalue weighted by molar-refractivity contribution is -0.274. The Labute approximate surface area is 227 Å². The van der Waals surface area contributed by atoms with Crippen LogP contribution in [0.4, 0.5) is 13.2 Å². The van der Waals surface area contributed by atoms with Crippen molar-refractivity contribution in [2.24, 2.45) is 0 Å². The second-order valence-corrected chi connectivity index (χ2v) is 9.14. The molecule has 1 amide bonds. The molecular weight excluding hydrogens is 527 g/mol. The molecule has 2 N–H and O–H groups in total. The zero-order valence-electron chi connectivity index (χ0n) is 21.1. The van der Waals surface area contributed by atoms with E-state index in [1.54, 1.807) is 6.07 Å². The second-order valence-electron chi connectivity index (χ2n) is 9.14. The quantitative estimate of drug-likeness (QED) is 0.257. The number of benzene rings is 3. The molecule has 10 heteroatoms. The average molecular weight is 552 g/mol. The molecule has 0 aliphatic heterocycles. The van der Waals surface area contributed by atoms with E-state index in [0.29, 0.717) is 5.56 Å². The summed E-state index contributed by atoms with van der Waals surface area (Å²) in [5.74, 6) is -3.33. The van der Waals surface area contributed by atoms with Crippen LogP contribution in [0.25, 0.3) is 5.57 Å². The Morgan fingerprint density at radius 3 is 2.23 bits per heavy atom. The first-order valence-electron chi connectivity index (χ1n) is 12.4. The highest BCUT2D eigenvalue weighted by atomic mass is 19.4. The number of carbonyl (C=O) groups excluding carboxylic acids is 3. The lowest BCUT2D eigenvalue weighted by Gasteiger charge is -2.11. The van der Waals surface area contributed by atoms with Gasteiger partial charge in [0.05, 0.1) is 6.42 Å². The van der Waals surface area contributed by atoms with Crippen LogP contribution in [-0.2, 0) is 17.6 Å². The maximum absolute atomic E-state index is 13.6. The van der Waals surface area contributed by atoms with Gasteiger partial charge >= 0.3 is 12.3 Å². The minimum atomic E-state index is -4.93. The number of carboxylic acids is 1.